The van der Waals surface area contributed by atoms with Gasteiger partial charge < -0.3 is 10.1 Å². The Balaban J connectivity index is 2.14. The summed E-state index contributed by atoms with van der Waals surface area (Å²) in [5, 5.41) is 15.7. The van der Waals surface area contributed by atoms with E-state index in [9.17, 15) is 14.9 Å². The van der Waals surface area contributed by atoms with E-state index in [2.05, 4.69) is 10.7 Å². The van der Waals surface area contributed by atoms with Crippen molar-refractivity contribution in [2.45, 2.75) is 0 Å². The van der Waals surface area contributed by atoms with Crippen LogP contribution in [0.25, 0.3) is 0 Å². The Kier molecular flexibility index (Phi) is 6.30. The first-order chi connectivity index (χ1) is 12.0. The zero-order valence-electron chi connectivity index (χ0n) is 14.1. The van der Waals surface area contributed by atoms with Crippen LogP contribution in [-0.2, 0) is 4.74 Å². The SMILES string of the molecule is COCCNc1ccc(C(=O)NN(C)c2ccccc2)cc1[N+](=O)[O-]. The van der Waals surface area contributed by atoms with Crippen molar-refractivity contribution in [2.24, 2.45) is 0 Å². The number of hydrogen-bond donors (Lipinski definition) is 2. The molecule has 2 N–H and O–H groups in total. The number of anilines is 2. The molecule has 0 atom stereocenters. The summed E-state index contributed by atoms with van der Waals surface area (Å²) in [7, 11) is 3.25. The highest BCUT2D eigenvalue weighted by Gasteiger charge is 2.18. The summed E-state index contributed by atoms with van der Waals surface area (Å²) >= 11 is 0. The number of nitrogens with one attached hydrogen (secondary N) is 2. The summed E-state index contributed by atoms with van der Waals surface area (Å²) in [5.41, 5.74) is 3.86. The summed E-state index contributed by atoms with van der Waals surface area (Å²) in [6.45, 7) is 0.848. The van der Waals surface area contributed by atoms with Crippen molar-refractivity contribution in [1.82, 2.24) is 5.43 Å². The maximum atomic E-state index is 12.4. The molecule has 2 aromatic carbocycles. The maximum Gasteiger partial charge on any atom is 0.293 e. The summed E-state index contributed by atoms with van der Waals surface area (Å²) in [5.74, 6) is -0.433. The molecule has 1 amide bonds. The van der Waals surface area contributed by atoms with Gasteiger partial charge in [-0.3, -0.25) is 25.3 Å². The average molecular weight is 344 g/mol. The van der Waals surface area contributed by atoms with Gasteiger partial charge in [0.05, 0.1) is 17.2 Å². The molecule has 0 saturated heterocycles. The van der Waals surface area contributed by atoms with E-state index in [-0.39, 0.29) is 11.3 Å². The van der Waals surface area contributed by atoms with Crippen LogP contribution in [-0.4, -0.2) is 38.1 Å². The Bertz CT molecular complexity index is 737. The molecule has 0 aliphatic rings. The second-order valence-electron chi connectivity index (χ2n) is 5.24. The molecule has 0 saturated carbocycles. The van der Waals surface area contributed by atoms with Crippen LogP contribution in [0.4, 0.5) is 17.1 Å². The first-order valence-electron chi connectivity index (χ1n) is 7.64. The van der Waals surface area contributed by atoms with Gasteiger partial charge in [-0.15, -0.1) is 0 Å². The lowest BCUT2D eigenvalue weighted by molar-refractivity contribution is -0.384. The van der Waals surface area contributed by atoms with Gasteiger partial charge in [-0.05, 0) is 24.3 Å². The van der Waals surface area contributed by atoms with Crippen molar-refractivity contribution in [3.8, 4) is 0 Å². The highest BCUT2D eigenvalue weighted by molar-refractivity contribution is 5.96. The summed E-state index contributed by atoms with van der Waals surface area (Å²) < 4.78 is 4.91. The molecule has 0 aromatic heterocycles. The number of hydrogen-bond acceptors (Lipinski definition) is 6. The number of carbonyl (C=O) groups excluding carboxylic acids is 1. The number of nitro groups is 1. The number of amides is 1. The first-order valence-corrected chi connectivity index (χ1v) is 7.64. The molecule has 8 nitrogen and oxygen atoms in total. The van der Waals surface area contributed by atoms with E-state index in [1.165, 1.54) is 18.2 Å². The van der Waals surface area contributed by atoms with Crippen LogP contribution in [0.3, 0.4) is 0 Å². The van der Waals surface area contributed by atoms with Gasteiger partial charge in [0, 0.05) is 32.3 Å². The van der Waals surface area contributed by atoms with Crippen molar-refractivity contribution in [2.75, 3.05) is 37.6 Å². The van der Waals surface area contributed by atoms with E-state index in [0.29, 0.717) is 18.8 Å². The standard InChI is InChI=1S/C17H20N4O4/c1-20(14-6-4-3-5-7-14)19-17(22)13-8-9-15(18-10-11-25-2)16(12-13)21(23)24/h3-9,12,18H,10-11H2,1-2H3,(H,19,22). The van der Waals surface area contributed by atoms with Gasteiger partial charge in [0.1, 0.15) is 5.69 Å². The highest BCUT2D eigenvalue weighted by Crippen LogP contribution is 2.25. The average Bonchev–Trinajstić information content (AvgIpc) is 2.62. The van der Waals surface area contributed by atoms with E-state index in [1.54, 1.807) is 19.2 Å². The molecular formula is C17H20N4O4. The van der Waals surface area contributed by atoms with Gasteiger partial charge in [-0.1, -0.05) is 18.2 Å². The van der Waals surface area contributed by atoms with E-state index >= 15 is 0 Å². The number of nitro benzene ring substituents is 1. The molecule has 0 radical (unpaired) electrons. The Morgan fingerprint density at radius 2 is 1.96 bits per heavy atom. The number of carbonyl (C=O) groups is 1. The molecule has 25 heavy (non-hydrogen) atoms. The van der Waals surface area contributed by atoms with Gasteiger partial charge in [0.25, 0.3) is 11.6 Å². The minimum atomic E-state index is -0.521. The van der Waals surface area contributed by atoms with Gasteiger partial charge in [0.2, 0.25) is 0 Å². The predicted molar refractivity (Wildman–Crippen MR) is 95.8 cm³/mol. The normalized spacial score (nSPS) is 10.2. The van der Waals surface area contributed by atoms with Gasteiger partial charge in [-0.25, -0.2) is 0 Å². The monoisotopic (exact) mass is 344 g/mol. The topological polar surface area (TPSA) is 96.7 Å². The Morgan fingerprint density at radius 1 is 1.24 bits per heavy atom. The van der Waals surface area contributed by atoms with E-state index in [1.807, 2.05) is 30.3 Å². The minimum absolute atomic E-state index is 0.161. The summed E-state index contributed by atoms with van der Waals surface area (Å²) in [6, 6.07) is 13.6. The molecule has 0 fully saturated rings. The third kappa shape index (κ3) is 4.92. The van der Waals surface area contributed by atoms with Crippen LogP contribution in [0.5, 0.6) is 0 Å². The number of nitrogens with zero attached hydrogens (tertiary/aromatic N) is 2. The summed E-state index contributed by atoms with van der Waals surface area (Å²) in [6.07, 6.45) is 0. The third-order valence-electron chi connectivity index (χ3n) is 3.49. The number of benzene rings is 2. The maximum absolute atomic E-state index is 12.4. The first kappa shape index (κ1) is 18.2. The second-order valence-corrected chi connectivity index (χ2v) is 5.24. The molecule has 2 rings (SSSR count). The molecule has 0 aliphatic heterocycles. The zero-order chi connectivity index (χ0) is 18.2. The molecule has 132 valence electrons. The lowest BCUT2D eigenvalue weighted by Gasteiger charge is -2.20. The Hall–Kier alpha value is -3.13. The second kappa shape index (κ2) is 8.65. The number of rotatable bonds is 8. The molecule has 0 aliphatic carbocycles. The molecule has 0 unspecified atom stereocenters. The van der Waals surface area contributed by atoms with Crippen molar-refractivity contribution < 1.29 is 14.5 Å². The number of para-hydroxylation sites is 1. The molecule has 0 bridgehead atoms. The van der Waals surface area contributed by atoms with E-state index < -0.39 is 10.8 Å². The van der Waals surface area contributed by atoms with Crippen molar-refractivity contribution in [3.63, 3.8) is 0 Å². The minimum Gasteiger partial charge on any atom is -0.383 e. The summed E-state index contributed by atoms with van der Waals surface area (Å²) in [4.78, 5) is 23.1. The van der Waals surface area contributed by atoms with Crippen molar-refractivity contribution >= 4 is 23.0 Å². The Labute approximate surface area is 145 Å². The van der Waals surface area contributed by atoms with Crippen LogP contribution in [0.2, 0.25) is 0 Å². The molecule has 2 aromatic rings. The fraction of sp³-hybridized carbons (Fsp3) is 0.235. The lowest BCUT2D eigenvalue weighted by Crippen LogP contribution is -2.39. The van der Waals surface area contributed by atoms with Crippen LogP contribution in [0, 0.1) is 10.1 Å². The lowest BCUT2D eigenvalue weighted by atomic mass is 10.1. The number of ether oxygens (including phenoxy) is 1. The quantitative estimate of drug-likeness (QED) is 0.434. The number of methoxy groups -OCH3 is 1. The van der Waals surface area contributed by atoms with Crippen molar-refractivity contribution in [3.05, 3.63) is 64.2 Å². The molecule has 0 heterocycles. The fourth-order valence-electron chi connectivity index (χ4n) is 2.19. The smallest absolute Gasteiger partial charge is 0.293 e. The van der Waals surface area contributed by atoms with Gasteiger partial charge >= 0.3 is 0 Å². The largest absolute Gasteiger partial charge is 0.383 e. The van der Waals surface area contributed by atoms with Crippen LogP contribution in [0.15, 0.2) is 48.5 Å². The van der Waals surface area contributed by atoms with E-state index in [0.717, 1.165) is 5.69 Å². The zero-order valence-corrected chi connectivity index (χ0v) is 14.1. The molecule has 8 heteroatoms. The van der Waals surface area contributed by atoms with Crippen LogP contribution < -0.4 is 15.8 Å². The van der Waals surface area contributed by atoms with Gasteiger partial charge in [0.15, 0.2) is 0 Å². The predicted octanol–water partition coefficient (Wildman–Crippen LogP) is 2.43. The van der Waals surface area contributed by atoms with Gasteiger partial charge in [-0.2, -0.15) is 0 Å². The molecular weight excluding hydrogens is 324 g/mol. The highest BCUT2D eigenvalue weighted by atomic mass is 16.6. The fourth-order valence-corrected chi connectivity index (χ4v) is 2.19. The Morgan fingerprint density at radius 3 is 2.60 bits per heavy atom. The number of hydrazine groups is 1. The van der Waals surface area contributed by atoms with Crippen LogP contribution in [0.1, 0.15) is 10.4 Å². The van der Waals surface area contributed by atoms with E-state index in [4.69, 9.17) is 4.74 Å². The third-order valence-corrected chi connectivity index (χ3v) is 3.49. The van der Waals surface area contributed by atoms with Crippen molar-refractivity contribution in [1.29, 1.82) is 0 Å². The van der Waals surface area contributed by atoms with Crippen LogP contribution >= 0.6 is 0 Å². The molecule has 0 spiro atoms.